The fourth-order valence-corrected chi connectivity index (χ4v) is 2.60. The maximum Gasteiger partial charge on any atom is 0.229 e. The normalized spacial score (nSPS) is 14.1. The number of halogens is 1. The zero-order valence-corrected chi connectivity index (χ0v) is 12.3. The lowest BCUT2D eigenvalue weighted by molar-refractivity contribution is -0.115. The first-order chi connectivity index (χ1) is 10.7. The number of hydrogen-bond acceptors (Lipinski definition) is 3. The first-order valence-corrected chi connectivity index (χ1v) is 7.46. The molecule has 22 heavy (non-hydrogen) atoms. The number of amides is 1. The Hall–Kier alpha value is -2.43. The molecule has 0 unspecified atom stereocenters. The summed E-state index contributed by atoms with van der Waals surface area (Å²) < 4.78 is 12.8. The lowest BCUT2D eigenvalue weighted by Crippen LogP contribution is -2.18. The average molecular weight is 299 g/mol. The molecule has 1 amide bonds. The van der Waals surface area contributed by atoms with Crippen LogP contribution in [0.2, 0.25) is 0 Å². The molecule has 0 radical (unpaired) electrons. The van der Waals surface area contributed by atoms with Crippen LogP contribution in [0.3, 0.4) is 0 Å². The Balaban J connectivity index is 1.57. The summed E-state index contributed by atoms with van der Waals surface area (Å²) in [6.07, 6.45) is 4.43. The summed E-state index contributed by atoms with van der Waals surface area (Å²) in [6, 6.07) is 9.72. The van der Waals surface area contributed by atoms with Crippen molar-refractivity contribution in [2.45, 2.75) is 19.3 Å². The third-order valence-electron chi connectivity index (χ3n) is 3.76. The molecule has 1 aromatic heterocycles. The topological polar surface area (TPSA) is 45.2 Å². The van der Waals surface area contributed by atoms with Crippen LogP contribution in [-0.2, 0) is 11.2 Å². The largest absolute Gasteiger partial charge is 0.370 e. The smallest absolute Gasteiger partial charge is 0.229 e. The van der Waals surface area contributed by atoms with Crippen molar-refractivity contribution in [2.75, 3.05) is 23.3 Å². The van der Waals surface area contributed by atoms with Gasteiger partial charge in [0.25, 0.3) is 0 Å². The highest BCUT2D eigenvalue weighted by Gasteiger charge is 2.12. The molecule has 2 aromatic rings. The fraction of sp³-hybridized carbons (Fsp3) is 0.294. The molecule has 1 fully saturated rings. The molecular weight excluding hydrogens is 281 g/mol. The van der Waals surface area contributed by atoms with Crippen molar-refractivity contribution in [2.24, 2.45) is 0 Å². The number of pyridine rings is 1. The summed E-state index contributed by atoms with van der Waals surface area (Å²) in [4.78, 5) is 18.5. The molecule has 2 heterocycles. The number of carbonyl (C=O) groups is 1. The quantitative estimate of drug-likeness (QED) is 0.944. The molecule has 0 bridgehead atoms. The molecule has 1 aliphatic rings. The van der Waals surface area contributed by atoms with Crippen LogP contribution in [0.1, 0.15) is 18.4 Å². The van der Waals surface area contributed by atoms with E-state index in [2.05, 4.69) is 15.2 Å². The molecule has 0 aliphatic carbocycles. The van der Waals surface area contributed by atoms with Gasteiger partial charge >= 0.3 is 0 Å². The van der Waals surface area contributed by atoms with E-state index in [0.717, 1.165) is 24.3 Å². The highest BCUT2D eigenvalue weighted by Crippen LogP contribution is 2.20. The second-order valence-corrected chi connectivity index (χ2v) is 5.45. The maximum atomic E-state index is 12.8. The van der Waals surface area contributed by atoms with Gasteiger partial charge in [0, 0.05) is 13.1 Å². The number of rotatable bonds is 4. The highest BCUT2D eigenvalue weighted by molar-refractivity contribution is 5.91. The minimum Gasteiger partial charge on any atom is -0.370 e. The van der Waals surface area contributed by atoms with E-state index in [4.69, 9.17) is 0 Å². The average Bonchev–Trinajstić information content (AvgIpc) is 3.05. The standard InChI is InChI=1S/C17H18FN3O/c18-14-5-3-13(4-6-14)11-17(22)20-16-8-7-15(12-19-16)21-9-1-2-10-21/h3-8,12H,1-2,9-11H2,(H,19,20,22). The summed E-state index contributed by atoms with van der Waals surface area (Å²) in [5.41, 5.74) is 1.86. The number of nitrogens with zero attached hydrogens (tertiary/aromatic N) is 2. The summed E-state index contributed by atoms with van der Waals surface area (Å²) in [5.74, 6) is 0.0754. The van der Waals surface area contributed by atoms with Crippen LogP contribution >= 0.6 is 0 Å². The predicted molar refractivity (Wildman–Crippen MR) is 84.4 cm³/mol. The minimum absolute atomic E-state index is 0.159. The van der Waals surface area contributed by atoms with Gasteiger partial charge in [-0.1, -0.05) is 12.1 Å². The van der Waals surface area contributed by atoms with Gasteiger partial charge in [-0.15, -0.1) is 0 Å². The van der Waals surface area contributed by atoms with Gasteiger partial charge < -0.3 is 10.2 Å². The van der Waals surface area contributed by atoms with Crippen molar-refractivity contribution >= 4 is 17.4 Å². The predicted octanol–water partition coefficient (Wildman–Crippen LogP) is 3.00. The third-order valence-corrected chi connectivity index (χ3v) is 3.76. The Bertz CT molecular complexity index is 634. The molecule has 1 aromatic carbocycles. The molecule has 114 valence electrons. The molecule has 0 atom stereocenters. The number of nitrogens with one attached hydrogen (secondary N) is 1. The van der Waals surface area contributed by atoms with E-state index in [1.807, 2.05) is 12.1 Å². The minimum atomic E-state index is -0.302. The van der Waals surface area contributed by atoms with E-state index in [9.17, 15) is 9.18 Å². The number of anilines is 2. The third kappa shape index (κ3) is 3.61. The van der Waals surface area contributed by atoms with Gasteiger partial charge in [0.1, 0.15) is 11.6 Å². The van der Waals surface area contributed by atoms with Gasteiger partial charge in [0.05, 0.1) is 18.3 Å². The lowest BCUT2D eigenvalue weighted by atomic mass is 10.1. The summed E-state index contributed by atoms with van der Waals surface area (Å²) in [5, 5.41) is 2.76. The van der Waals surface area contributed by atoms with E-state index >= 15 is 0 Å². The van der Waals surface area contributed by atoms with E-state index in [1.165, 1.54) is 25.0 Å². The van der Waals surface area contributed by atoms with Crippen LogP contribution in [0.25, 0.3) is 0 Å². The van der Waals surface area contributed by atoms with Gasteiger partial charge in [0.15, 0.2) is 0 Å². The second-order valence-electron chi connectivity index (χ2n) is 5.45. The zero-order valence-electron chi connectivity index (χ0n) is 12.3. The van der Waals surface area contributed by atoms with Gasteiger partial charge in [0.2, 0.25) is 5.91 Å². The molecule has 3 rings (SSSR count). The first kappa shape index (κ1) is 14.5. The Morgan fingerprint density at radius 3 is 2.50 bits per heavy atom. The maximum absolute atomic E-state index is 12.8. The Kier molecular flexibility index (Phi) is 4.32. The fourth-order valence-electron chi connectivity index (χ4n) is 2.60. The van der Waals surface area contributed by atoms with Crippen LogP contribution < -0.4 is 10.2 Å². The molecule has 4 nitrogen and oxygen atoms in total. The Morgan fingerprint density at radius 1 is 1.14 bits per heavy atom. The van der Waals surface area contributed by atoms with Gasteiger partial charge in [-0.25, -0.2) is 9.37 Å². The lowest BCUT2D eigenvalue weighted by Gasteiger charge is -2.17. The van der Waals surface area contributed by atoms with Crippen LogP contribution in [0.4, 0.5) is 15.9 Å². The SMILES string of the molecule is O=C(Cc1ccc(F)cc1)Nc1ccc(N2CCCC2)cn1. The summed E-state index contributed by atoms with van der Waals surface area (Å²) in [7, 11) is 0. The van der Waals surface area contributed by atoms with Crippen molar-refractivity contribution in [1.82, 2.24) is 4.98 Å². The van der Waals surface area contributed by atoms with Crippen molar-refractivity contribution in [3.8, 4) is 0 Å². The van der Waals surface area contributed by atoms with Crippen LogP contribution in [0, 0.1) is 5.82 Å². The zero-order chi connectivity index (χ0) is 15.4. The molecule has 1 N–H and O–H groups in total. The van der Waals surface area contributed by atoms with E-state index < -0.39 is 0 Å². The van der Waals surface area contributed by atoms with Gasteiger partial charge in [-0.3, -0.25) is 4.79 Å². The van der Waals surface area contributed by atoms with Crippen molar-refractivity contribution in [3.63, 3.8) is 0 Å². The number of benzene rings is 1. The van der Waals surface area contributed by atoms with Crippen LogP contribution in [0.5, 0.6) is 0 Å². The van der Waals surface area contributed by atoms with Crippen molar-refractivity contribution < 1.29 is 9.18 Å². The van der Waals surface area contributed by atoms with Gasteiger partial charge in [-0.05, 0) is 42.7 Å². The second kappa shape index (κ2) is 6.56. The van der Waals surface area contributed by atoms with Crippen LogP contribution in [0.15, 0.2) is 42.6 Å². The molecule has 0 spiro atoms. The molecule has 1 aliphatic heterocycles. The highest BCUT2D eigenvalue weighted by atomic mass is 19.1. The van der Waals surface area contributed by atoms with Crippen molar-refractivity contribution in [3.05, 3.63) is 54.0 Å². The first-order valence-electron chi connectivity index (χ1n) is 7.46. The van der Waals surface area contributed by atoms with Crippen molar-refractivity contribution in [1.29, 1.82) is 0 Å². The summed E-state index contributed by atoms with van der Waals surface area (Å²) in [6.45, 7) is 2.13. The number of hydrogen-bond donors (Lipinski definition) is 1. The molecule has 5 heteroatoms. The Labute approximate surface area is 129 Å². The number of aromatic nitrogens is 1. The molecular formula is C17H18FN3O. The van der Waals surface area contributed by atoms with Gasteiger partial charge in [-0.2, -0.15) is 0 Å². The van der Waals surface area contributed by atoms with Crippen LogP contribution in [-0.4, -0.2) is 24.0 Å². The monoisotopic (exact) mass is 299 g/mol. The summed E-state index contributed by atoms with van der Waals surface area (Å²) >= 11 is 0. The van der Waals surface area contributed by atoms with E-state index in [-0.39, 0.29) is 18.1 Å². The van der Waals surface area contributed by atoms with E-state index in [0.29, 0.717) is 5.82 Å². The molecule has 1 saturated heterocycles. The molecule has 0 saturated carbocycles. The number of carbonyl (C=O) groups excluding carboxylic acids is 1. The Morgan fingerprint density at radius 2 is 1.86 bits per heavy atom. The van der Waals surface area contributed by atoms with E-state index in [1.54, 1.807) is 18.3 Å².